The molecule has 0 fully saturated rings. The molecule has 16 heavy (non-hydrogen) atoms. The van der Waals surface area contributed by atoms with Gasteiger partial charge < -0.3 is 5.73 Å². The van der Waals surface area contributed by atoms with E-state index >= 15 is 0 Å². The molecule has 0 heterocycles. The van der Waals surface area contributed by atoms with E-state index in [0.717, 1.165) is 0 Å². The van der Waals surface area contributed by atoms with Crippen LogP contribution in [0.25, 0.3) is 0 Å². The predicted molar refractivity (Wildman–Crippen MR) is 58.3 cm³/mol. The lowest BCUT2D eigenvalue weighted by Gasteiger charge is -2.30. The third kappa shape index (κ3) is 2.21. The summed E-state index contributed by atoms with van der Waals surface area (Å²) in [4.78, 5) is 10.8. The molecule has 88 valence electrons. The molecule has 0 radical (unpaired) electrons. The monoisotopic (exact) mass is 227 g/mol. The molecule has 0 aromatic heterocycles. The Kier molecular flexibility index (Phi) is 3.03. The molecule has 0 unspecified atom stereocenters. The van der Waals surface area contributed by atoms with Gasteiger partial charge in [-0.1, -0.05) is 32.9 Å². The van der Waals surface area contributed by atoms with Crippen LogP contribution in [0.15, 0.2) is 24.3 Å². The van der Waals surface area contributed by atoms with E-state index in [1.54, 1.807) is 0 Å². The summed E-state index contributed by atoms with van der Waals surface area (Å²) in [6, 6.07) is 5.12. The van der Waals surface area contributed by atoms with Crippen molar-refractivity contribution in [3.63, 3.8) is 0 Å². The van der Waals surface area contributed by atoms with Crippen molar-refractivity contribution in [3.05, 3.63) is 35.4 Å². The Labute approximate surface area is 93.5 Å². The number of hydrogen-bond donors (Lipinski definition) is 1. The Hall–Kier alpha value is -1.45. The van der Waals surface area contributed by atoms with Crippen LogP contribution < -0.4 is 5.73 Å². The Morgan fingerprint density at radius 2 is 1.56 bits per heavy atom. The fourth-order valence-corrected chi connectivity index (χ4v) is 1.28. The minimum absolute atomic E-state index is 0.106. The molecule has 0 bridgehead atoms. The van der Waals surface area contributed by atoms with Crippen molar-refractivity contribution < 1.29 is 13.6 Å². The first-order chi connectivity index (χ1) is 7.16. The fourth-order valence-electron chi connectivity index (χ4n) is 1.28. The molecule has 1 aromatic carbocycles. The van der Waals surface area contributed by atoms with Crippen molar-refractivity contribution in [2.75, 3.05) is 0 Å². The van der Waals surface area contributed by atoms with Crippen molar-refractivity contribution in [2.24, 2.45) is 11.1 Å². The van der Waals surface area contributed by atoms with Crippen LogP contribution in [-0.4, -0.2) is 5.91 Å². The first-order valence-electron chi connectivity index (χ1n) is 4.94. The van der Waals surface area contributed by atoms with Crippen LogP contribution >= 0.6 is 0 Å². The fraction of sp³-hybridized carbons (Fsp3) is 0.417. The van der Waals surface area contributed by atoms with Gasteiger partial charge in [0, 0.05) is 16.5 Å². The van der Waals surface area contributed by atoms with Crippen molar-refractivity contribution >= 4 is 5.91 Å². The Bertz CT molecular complexity index is 390. The summed E-state index contributed by atoms with van der Waals surface area (Å²) in [7, 11) is 0. The van der Waals surface area contributed by atoms with Crippen LogP contribution in [0.3, 0.4) is 0 Å². The first kappa shape index (κ1) is 12.6. The van der Waals surface area contributed by atoms with Gasteiger partial charge in [0.1, 0.15) is 0 Å². The van der Waals surface area contributed by atoms with E-state index in [-0.39, 0.29) is 11.1 Å². The maximum atomic E-state index is 13.9. The second kappa shape index (κ2) is 3.85. The van der Waals surface area contributed by atoms with Gasteiger partial charge in [0.15, 0.2) is 0 Å². The number of alkyl halides is 2. The maximum Gasteiger partial charge on any atom is 0.277 e. The second-order valence-electron chi connectivity index (χ2n) is 4.77. The molecule has 4 heteroatoms. The van der Waals surface area contributed by atoms with Crippen LogP contribution in [0, 0.1) is 5.41 Å². The zero-order valence-electron chi connectivity index (χ0n) is 9.55. The lowest BCUT2D eigenvalue weighted by molar-refractivity contribution is -0.104. The van der Waals surface area contributed by atoms with E-state index < -0.39 is 17.2 Å². The van der Waals surface area contributed by atoms with Crippen LogP contribution in [0.4, 0.5) is 8.78 Å². The van der Waals surface area contributed by atoms with Crippen molar-refractivity contribution in [2.45, 2.75) is 26.7 Å². The molecule has 1 amide bonds. The summed E-state index contributed by atoms with van der Waals surface area (Å²) in [5, 5.41) is 0. The highest BCUT2D eigenvalue weighted by atomic mass is 19.3. The van der Waals surface area contributed by atoms with Crippen LogP contribution in [0.1, 0.15) is 36.7 Å². The van der Waals surface area contributed by atoms with Crippen molar-refractivity contribution in [3.8, 4) is 0 Å². The average molecular weight is 227 g/mol. The minimum Gasteiger partial charge on any atom is -0.366 e. The molecule has 0 saturated carbocycles. The standard InChI is InChI=1S/C12H15F2NO/c1-11(2,3)12(13,14)9-6-4-8(5-7-9)10(15)16/h4-7H,1-3H3,(H2,15,16). The van der Waals surface area contributed by atoms with Crippen molar-refractivity contribution in [1.82, 2.24) is 0 Å². The van der Waals surface area contributed by atoms with Crippen LogP contribution in [-0.2, 0) is 5.92 Å². The largest absolute Gasteiger partial charge is 0.366 e. The molecule has 0 spiro atoms. The summed E-state index contributed by atoms with van der Waals surface area (Å²) in [5.74, 6) is -3.56. The minimum atomic E-state index is -2.94. The lowest BCUT2D eigenvalue weighted by Crippen LogP contribution is -2.31. The third-order valence-corrected chi connectivity index (χ3v) is 2.47. The van der Waals surface area contributed by atoms with Crippen molar-refractivity contribution in [1.29, 1.82) is 0 Å². The smallest absolute Gasteiger partial charge is 0.277 e. The zero-order chi connectivity index (χ0) is 12.6. The predicted octanol–water partition coefficient (Wildman–Crippen LogP) is 2.92. The maximum absolute atomic E-state index is 13.9. The Morgan fingerprint density at radius 1 is 1.12 bits per heavy atom. The molecule has 0 atom stereocenters. The Balaban J connectivity index is 3.11. The van der Waals surface area contributed by atoms with E-state index in [1.807, 2.05) is 0 Å². The summed E-state index contributed by atoms with van der Waals surface area (Å²) >= 11 is 0. The number of amides is 1. The molecule has 0 saturated heterocycles. The lowest BCUT2D eigenvalue weighted by atomic mass is 9.83. The molecule has 1 aromatic rings. The molecule has 2 nitrogen and oxygen atoms in total. The zero-order valence-corrected chi connectivity index (χ0v) is 9.55. The molecule has 1 rings (SSSR count). The highest BCUT2D eigenvalue weighted by Crippen LogP contribution is 2.44. The summed E-state index contributed by atoms with van der Waals surface area (Å²) < 4.78 is 27.8. The third-order valence-electron chi connectivity index (χ3n) is 2.47. The van der Waals surface area contributed by atoms with E-state index in [2.05, 4.69) is 0 Å². The highest BCUT2D eigenvalue weighted by Gasteiger charge is 2.44. The molecule has 2 N–H and O–H groups in total. The number of hydrogen-bond acceptors (Lipinski definition) is 1. The van der Waals surface area contributed by atoms with Gasteiger partial charge in [-0.2, -0.15) is 0 Å². The van der Waals surface area contributed by atoms with E-state index in [0.29, 0.717) is 0 Å². The number of rotatable bonds is 2. The van der Waals surface area contributed by atoms with Gasteiger partial charge in [-0.05, 0) is 12.1 Å². The van der Waals surface area contributed by atoms with Gasteiger partial charge in [-0.3, -0.25) is 4.79 Å². The molecular formula is C12H15F2NO. The second-order valence-corrected chi connectivity index (χ2v) is 4.77. The molecule has 0 aliphatic carbocycles. The highest BCUT2D eigenvalue weighted by molar-refractivity contribution is 5.92. The van der Waals surface area contributed by atoms with E-state index in [4.69, 9.17) is 5.73 Å². The number of benzene rings is 1. The Morgan fingerprint density at radius 3 is 1.88 bits per heavy atom. The summed E-state index contributed by atoms with van der Waals surface area (Å²) in [6.45, 7) is 4.40. The molecule has 0 aliphatic rings. The number of carbonyl (C=O) groups is 1. The van der Waals surface area contributed by atoms with Crippen LogP contribution in [0.2, 0.25) is 0 Å². The van der Waals surface area contributed by atoms with E-state index in [1.165, 1.54) is 45.0 Å². The molecular weight excluding hydrogens is 212 g/mol. The van der Waals surface area contributed by atoms with Gasteiger partial charge in [-0.25, -0.2) is 8.78 Å². The SMILES string of the molecule is CC(C)(C)C(F)(F)c1ccc(C(N)=O)cc1. The van der Waals surface area contributed by atoms with Gasteiger partial charge in [0.05, 0.1) is 0 Å². The topological polar surface area (TPSA) is 43.1 Å². The van der Waals surface area contributed by atoms with E-state index in [9.17, 15) is 13.6 Å². The van der Waals surface area contributed by atoms with Gasteiger partial charge >= 0.3 is 0 Å². The van der Waals surface area contributed by atoms with Gasteiger partial charge in [0.25, 0.3) is 5.92 Å². The number of primary amides is 1. The average Bonchev–Trinajstić information content (AvgIpc) is 2.16. The van der Waals surface area contributed by atoms with Gasteiger partial charge in [0.2, 0.25) is 5.91 Å². The van der Waals surface area contributed by atoms with Crippen LogP contribution in [0.5, 0.6) is 0 Å². The summed E-state index contributed by atoms with van der Waals surface area (Å²) in [6.07, 6.45) is 0. The van der Waals surface area contributed by atoms with Gasteiger partial charge in [-0.15, -0.1) is 0 Å². The number of carbonyl (C=O) groups excluding carboxylic acids is 1. The summed E-state index contributed by atoms with van der Waals surface area (Å²) in [5.41, 5.74) is 3.99. The normalized spacial score (nSPS) is 12.6. The quantitative estimate of drug-likeness (QED) is 0.829. The first-order valence-corrected chi connectivity index (χ1v) is 4.94. The number of halogens is 2. The number of nitrogens with two attached hydrogens (primary N) is 1. The molecule has 0 aliphatic heterocycles.